The third kappa shape index (κ3) is 5.07. The van der Waals surface area contributed by atoms with Gasteiger partial charge in [-0.1, -0.05) is 18.2 Å². The van der Waals surface area contributed by atoms with Crippen LogP contribution in [-0.4, -0.2) is 34.4 Å². The van der Waals surface area contributed by atoms with Gasteiger partial charge in [-0.3, -0.25) is 4.99 Å². The van der Waals surface area contributed by atoms with Crippen LogP contribution in [0.5, 0.6) is 5.75 Å². The van der Waals surface area contributed by atoms with Gasteiger partial charge in [0.05, 0.1) is 6.61 Å². The molecule has 0 aliphatic carbocycles. The summed E-state index contributed by atoms with van der Waals surface area (Å²) in [4.78, 5) is 8.63. The van der Waals surface area contributed by atoms with Gasteiger partial charge in [-0.25, -0.2) is 9.67 Å². The lowest BCUT2D eigenvalue weighted by Gasteiger charge is -2.14. The molecule has 2 N–H and O–H groups in total. The number of hydrogen-bond donors (Lipinski definition) is 2. The molecule has 0 aliphatic rings. The molecule has 0 unspecified atom stereocenters. The zero-order chi connectivity index (χ0) is 18.9. The zero-order valence-electron chi connectivity index (χ0n) is 15.6. The minimum absolute atomic E-state index is 0.629. The van der Waals surface area contributed by atoms with Gasteiger partial charge in [0.25, 0.3) is 0 Å². The molecule has 140 valence electrons. The first-order valence-corrected chi connectivity index (χ1v) is 8.90. The second kappa shape index (κ2) is 9.38. The molecule has 3 aromatic rings. The molecule has 0 bridgehead atoms. The molecule has 27 heavy (non-hydrogen) atoms. The summed E-state index contributed by atoms with van der Waals surface area (Å²) >= 11 is 0. The van der Waals surface area contributed by atoms with Gasteiger partial charge in [0.1, 0.15) is 5.75 Å². The van der Waals surface area contributed by atoms with Crippen LogP contribution in [0.15, 0.2) is 66.0 Å². The van der Waals surface area contributed by atoms with Gasteiger partial charge in [-0.05, 0) is 36.8 Å². The smallest absolute Gasteiger partial charge is 0.191 e. The number of para-hydroxylation sites is 1. The third-order valence-corrected chi connectivity index (χ3v) is 3.95. The fraction of sp³-hybridized carbons (Fsp3) is 0.250. The van der Waals surface area contributed by atoms with Gasteiger partial charge in [-0.2, -0.15) is 5.10 Å². The highest BCUT2D eigenvalue weighted by atomic mass is 16.5. The molecule has 0 radical (unpaired) electrons. The Morgan fingerprint density at radius 3 is 2.74 bits per heavy atom. The Hall–Kier alpha value is -3.35. The quantitative estimate of drug-likeness (QED) is 0.498. The van der Waals surface area contributed by atoms with E-state index in [0.717, 1.165) is 28.7 Å². The minimum atomic E-state index is 0.629. The first-order valence-electron chi connectivity index (χ1n) is 8.90. The fourth-order valence-electron chi connectivity index (χ4n) is 2.63. The highest BCUT2D eigenvalue weighted by Crippen LogP contribution is 2.17. The SMILES string of the molecule is CCOc1ccccc1CNC(=NC)NCc1ccnc(-n2cccn2)c1. The number of nitrogens with zero attached hydrogens (tertiary/aromatic N) is 4. The maximum absolute atomic E-state index is 5.67. The van der Waals surface area contributed by atoms with Crippen molar-refractivity contribution in [2.45, 2.75) is 20.0 Å². The number of rotatable bonds is 7. The van der Waals surface area contributed by atoms with E-state index in [1.807, 2.05) is 55.6 Å². The standard InChI is InChI=1S/C20H24N6O/c1-3-27-18-8-5-4-7-17(18)15-24-20(21-2)23-14-16-9-11-22-19(13-16)26-12-6-10-25-26/h4-13H,3,14-15H2,1-2H3,(H2,21,23,24). The van der Waals surface area contributed by atoms with E-state index in [2.05, 4.69) is 25.7 Å². The maximum atomic E-state index is 5.67. The van der Waals surface area contributed by atoms with Crippen LogP contribution in [-0.2, 0) is 13.1 Å². The molecule has 0 aliphatic heterocycles. The van der Waals surface area contributed by atoms with Crippen molar-refractivity contribution in [1.29, 1.82) is 0 Å². The summed E-state index contributed by atoms with van der Waals surface area (Å²) in [6.45, 7) is 3.88. The number of guanidine groups is 1. The van der Waals surface area contributed by atoms with E-state index in [1.165, 1.54) is 0 Å². The van der Waals surface area contributed by atoms with Crippen LogP contribution in [0.3, 0.4) is 0 Å². The van der Waals surface area contributed by atoms with Gasteiger partial charge < -0.3 is 15.4 Å². The van der Waals surface area contributed by atoms with Crippen LogP contribution in [0, 0.1) is 0 Å². The molecular formula is C20H24N6O. The second-order valence-electron chi connectivity index (χ2n) is 5.79. The Morgan fingerprint density at radius 1 is 1.11 bits per heavy atom. The van der Waals surface area contributed by atoms with E-state index in [-0.39, 0.29) is 0 Å². The van der Waals surface area contributed by atoms with Crippen LogP contribution >= 0.6 is 0 Å². The van der Waals surface area contributed by atoms with E-state index < -0.39 is 0 Å². The summed E-state index contributed by atoms with van der Waals surface area (Å²) in [6, 6.07) is 13.8. The van der Waals surface area contributed by atoms with Gasteiger partial charge in [0.15, 0.2) is 11.8 Å². The Labute approximate surface area is 159 Å². The van der Waals surface area contributed by atoms with Crippen molar-refractivity contribution in [3.8, 4) is 11.6 Å². The second-order valence-corrected chi connectivity index (χ2v) is 5.79. The summed E-state index contributed by atoms with van der Waals surface area (Å²) in [5.41, 5.74) is 2.18. The number of nitrogens with one attached hydrogen (secondary N) is 2. The van der Waals surface area contributed by atoms with Crippen molar-refractivity contribution in [3.05, 3.63) is 72.2 Å². The molecular weight excluding hydrogens is 340 g/mol. The summed E-state index contributed by atoms with van der Waals surface area (Å²) in [5.74, 6) is 2.40. The molecule has 1 aromatic carbocycles. The first kappa shape index (κ1) is 18.4. The lowest BCUT2D eigenvalue weighted by Crippen LogP contribution is -2.36. The predicted octanol–water partition coefficient (Wildman–Crippen LogP) is 2.53. The van der Waals surface area contributed by atoms with Gasteiger partial charge in [-0.15, -0.1) is 0 Å². The largest absolute Gasteiger partial charge is 0.494 e. The molecule has 0 fully saturated rings. The minimum Gasteiger partial charge on any atom is -0.494 e. The molecule has 0 spiro atoms. The van der Waals surface area contributed by atoms with Crippen molar-refractivity contribution in [2.24, 2.45) is 4.99 Å². The third-order valence-electron chi connectivity index (χ3n) is 3.95. The number of benzene rings is 1. The Bertz CT molecular complexity index is 876. The molecule has 2 heterocycles. The van der Waals surface area contributed by atoms with Crippen LogP contribution in [0.1, 0.15) is 18.1 Å². The van der Waals surface area contributed by atoms with E-state index in [0.29, 0.717) is 19.7 Å². The zero-order valence-corrected chi connectivity index (χ0v) is 15.6. The highest BCUT2D eigenvalue weighted by molar-refractivity contribution is 5.79. The molecule has 0 saturated heterocycles. The Balaban J connectivity index is 1.58. The van der Waals surface area contributed by atoms with Crippen LogP contribution in [0.25, 0.3) is 5.82 Å². The topological polar surface area (TPSA) is 76.4 Å². The predicted molar refractivity (Wildman–Crippen MR) is 106 cm³/mol. The van der Waals surface area contributed by atoms with Crippen molar-refractivity contribution >= 4 is 5.96 Å². The summed E-state index contributed by atoms with van der Waals surface area (Å²) in [7, 11) is 1.76. The lowest BCUT2D eigenvalue weighted by molar-refractivity contribution is 0.336. The number of aliphatic imine (C=N–C) groups is 1. The molecule has 2 aromatic heterocycles. The molecule has 3 rings (SSSR count). The van der Waals surface area contributed by atoms with Crippen molar-refractivity contribution in [1.82, 2.24) is 25.4 Å². The number of ether oxygens (including phenoxy) is 1. The Kier molecular flexibility index (Phi) is 6.40. The van der Waals surface area contributed by atoms with Crippen molar-refractivity contribution in [2.75, 3.05) is 13.7 Å². The highest BCUT2D eigenvalue weighted by Gasteiger charge is 2.05. The Morgan fingerprint density at radius 2 is 1.96 bits per heavy atom. The van der Waals surface area contributed by atoms with Gasteiger partial charge in [0, 0.05) is 44.3 Å². The van der Waals surface area contributed by atoms with Crippen LogP contribution in [0.2, 0.25) is 0 Å². The fourth-order valence-corrected chi connectivity index (χ4v) is 2.63. The molecule has 7 nitrogen and oxygen atoms in total. The van der Waals surface area contributed by atoms with E-state index in [9.17, 15) is 0 Å². The van der Waals surface area contributed by atoms with E-state index in [1.54, 1.807) is 24.1 Å². The van der Waals surface area contributed by atoms with Crippen LogP contribution in [0.4, 0.5) is 0 Å². The van der Waals surface area contributed by atoms with Gasteiger partial charge >= 0.3 is 0 Å². The van der Waals surface area contributed by atoms with E-state index in [4.69, 9.17) is 4.74 Å². The number of aromatic nitrogens is 3. The first-order chi connectivity index (χ1) is 13.3. The molecule has 0 amide bonds. The summed E-state index contributed by atoms with van der Waals surface area (Å²) in [6.07, 6.45) is 5.39. The molecule has 0 atom stereocenters. The van der Waals surface area contributed by atoms with Crippen molar-refractivity contribution < 1.29 is 4.74 Å². The summed E-state index contributed by atoms with van der Waals surface area (Å²) in [5, 5.41) is 10.9. The number of hydrogen-bond acceptors (Lipinski definition) is 4. The average Bonchev–Trinajstić information content (AvgIpc) is 3.25. The normalized spacial score (nSPS) is 11.3. The molecule has 0 saturated carbocycles. The maximum Gasteiger partial charge on any atom is 0.191 e. The molecule has 7 heteroatoms. The van der Waals surface area contributed by atoms with Crippen molar-refractivity contribution in [3.63, 3.8) is 0 Å². The van der Waals surface area contributed by atoms with Gasteiger partial charge in [0.2, 0.25) is 0 Å². The van der Waals surface area contributed by atoms with Crippen LogP contribution < -0.4 is 15.4 Å². The summed E-state index contributed by atoms with van der Waals surface area (Å²) < 4.78 is 7.40. The lowest BCUT2D eigenvalue weighted by atomic mass is 10.2. The average molecular weight is 364 g/mol. The van der Waals surface area contributed by atoms with E-state index >= 15 is 0 Å². The monoisotopic (exact) mass is 364 g/mol. The number of pyridine rings is 1.